The van der Waals surface area contributed by atoms with Gasteiger partial charge in [-0.15, -0.1) is 11.3 Å². The molecule has 0 aliphatic heterocycles. The van der Waals surface area contributed by atoms with E-state index in [0.29, 0.717) is 13.0 Å². The second kappa shape index (κ2) is 8.40. The standard InChI is InChI=1S/C23H23N3OS/c1-17-16-28-23(25-17)11-12-24-22(27)15-21(26-13-4-5-14-26)20-10-6-8-18-7-2-3-9-19(18)20/h2-10,13-14,16,21H,11-12,15H2,1H3,(H,24,27)/t21-/m0/s1. The van der Waals surface area contributed by atoms with Crippen LogP contribution >= 0.6 is 11.3 Å². The van der Waals surface area contributed by atoms with Gasteiger partial charge in [0, 0.05) is 36.4 Å². The van der Waals surface area contributed by atoms with E-state index in [1.807, 2.05) is 42.9 Å². The lowest BCUT2D eigenvalue weighted by Gasteiger charge is -2.21. The van der Waals surface area contributed by atoms with Crippen LogP contribution in [0.5, 0.6) is 0 Å². The second-order valence-electron chi connectivity index (χ2n) is 6.90. The molecule has 2 heterocycles. The minimum Gasteiger partial charge on any atom is -0.356 e. The fourth-order valence-electron chi connectivity index (χ4n) is 3.55. The van der Waals surface area contributed by atoms with Gasteiger partial charge in [-0.1, -0.05) is 42.5 Å². The number of hydrogen-bond acceptors (Lipinski definition) is 3. The minimum atomic E-state index is -0.0387. The Morgan fingerprint density at radius 2 is 1.89 bits per heavy atom. The highest BCUT2D eigenvalue weighted by atomic mass is 32.1. The van der Waals surface area contributed by atoms with Gasteiger partial charge in [-0.2, -0.15) is 0 Å². The van der Waals surface area contributed by atoms with Gasteiger partial charge in [0.2, 0.25) is 5.91 Å². The van der Waals surface area contributed by atoms with E-state index < -0.39 is 0 Å². The van der Waals surface area contributed by atoms with Crippen molar-refractivity contribution >= 4 is 28.0 Å². The molecule has 0 fully saturated rings. The van der Waals surface area contributed by atoms with Crippen LogP contribution in [-0.4, -0.2) is 22.0 Å². The molecule has 0 spiro atoms. The van der Waals surface area contributed by atoms with E-state index in [4.69, 9.17) is 0 Å². The number of amides is 1. The van der Waals surface area contributed by atoms with Gasteiger partial charge in [0.05, 0.1) is 17.5 Å². The fraction of sp³-hybridized carbons (Fsp3) is 0.217. The number of fused-ring (bicyclic) bond motifs is 1. The number of benzene rings is 2. The van der Waals surface area contributed by atoms with E-state index in [-0.39, 0.29) is 11.9 Å². The third-order valence-corrected chi connectivity index (χ3v) is 5.90. The van der Waals surface area contributed by atoms with Crippen LogP contribution in [0.3, 0.4) is 0 Å². The summed E-state index contributed by atoms with van der Waals surface area (Å²) in [6.07, 6.45) is 5.22. The number of hydrogen-bond donors (Lipinski definition) is 1. The molecule has 4 rings (SSSR count). The summed E-state index contributed by atoms with van der Waals surface area (Å²) in [6, 6.07) is 18.6. The Kier molecular flexibility index (Phi) is 5.53. The monoisotopic (exact) mass is 389 g/mol. The molecule has 0 aliphatic carbocycles. The second-order valence-corrected chi connectivity index (χ2v) is 7.84. The van der Waals surface area contributed by atoms with Crippen molar-refractivity contribution in [2.75, 3.05) is 6.54 Å². The molecule has 1 amide bonds. The summed E-state index contributed by atoms with van der Waals surface area (Å²) in [5.74, 6) is 0.0555. The lowest BCUT2D eigenvalue weighted by atomic mass is 9.96. The van der Waals surface area contributed by atoms with Crippen LogP contribution in [-0.2, 0) is 11.2 Å². The van der Waals surface area contributed by atoms with E-state index in [0.717, 1.165) is 17.1 Å². The highest BCUT2D eigenvalue weighted by Gasteiger charge is 2.19. The Bertz CT molecular complexity index is 1060. The molecule has 0 unspecified atom stereocenters. The number of aryl methyl sites for hydroxylation is 1. The lowest BCUT2D eigenvalue weighted by molar-refractivity contribution is -0.121. The van der Waals surface area contributed by atoms with E-state index in [2.05, 4.69) is 51.3 Å². The zero-order chi connectivity index (χ0) is 19.3. The first kappa shape index (κ1) is 18.4. The van der Waals surface area contributed by atoms with Gasteiger partial charge in [-0.25, -0.2) is 4.98 Å². The van der Waals surface area contributed by atoms with Gasteiger partial charge in [0.25, 0.3) is 0 Å². The predicted octanol–water partition coefficient (Wildman–Crippen LogP) is 4.74. The maximum atomic E-state index is 12.7. The number of thiazole rings is 1. The summed E-state index contributed by atoms with van der Waals surface area (Å²) in [7, 11) is 0. The first-order valence-electron chi connectivity index (χ1n) is 9.48. The zero-order valence-electron chi connectivity index (χ0n) is 15.8. The summed E-state index contributed by atoms with van der Waals surface area (Å²) in [5, 5.41) is 8.55. The normalized spacial score (nSPS) is 12.2. The summed E-state index contributed by atoms with van der Waals surface area (Å²) in [4.78, 5) is 17.2. The molecule has 4 nitrogen and oxygen atoms in total. The summed E-state index contributed by atoms with van der Waals surface area (Å²) >= 11 is 1.64. The van der Waals surface area contributed by atoms with Crippen molar-refractivity contribution in [3.63, 3.8) is 0 Å². The molecule has 0 saturated carbocycles. The largest absolute Gasteiger partial charge is 0.356 e. The van der Waals surface area contributed by atoms with Gasteiger partial charge >= 0.3 is 0 Å². The number of carbonyl (C=O) groups excluding carboxylic acids is 1. The average molecular weight is 390 g/mol. The Morgan fingerprint density at radius 3 is 2.68 bits per heavy atom. The van der Waals surface area contributed by atoms with E-state index in [9.17, 15) is 4.79 Å². The van der Waals surface area contributed by atoms with Crippen LogP contribution in [0.4, 0.5) is 0 Å². The van der Waals surface area contributed by atoms with Gasteiger partial charge in [0.1, 0.15) is 0 Å². The van der Waals surface area contributed by atoms with E-state index in [1.165, 1.54) is 16.3 Å². The maximum Gasteiger partial charge on any atom is 0.222 e. The first-order valence-corrected chi connectivity index (χ1v) is 10.4. The molecule has 2 aromatic heterocycles. The van der Waals surface area contributed by atoms with Gasteiger partial charge < -0.3 is 9.88 Å². The van der Waals surface area contributed by atoms with Crippen molar-refractivity contribution in [2.45, 2.75) is 25.8 Å². The highest BCUT2D eigenvalue weighted by molar-refractivity contribution is 7.09. The Morgan fingerprint density at radius 1 is 1.11 bits per heavy atom. The van der Waals surface area contributed by atoms with Crippen LogP contribution in [0.15, 0.2) is 72.4 Å². The van der Waals surface area contributed by atoms with Crippen LogP contribution in [0.25, 0.3) is 10.8 Å². The summed E-state index contributed by atoms with van der Waals surface area (Å²) in [5.41, 5.74) is 2.20. The molecular formula is C23H23N3OS. The molecule has 0 aliphatic rings. The Labute approximate surface area is 168 Å². The third-order valence-electron chi connectivity index (χ3n) is 4.88. The van der Waals surface area contributed by atoms with Crippen LogP contribution in [0.1, 0.15) is 28.7 Å². The molecule has 0 radical (unpaired) electrons. The molecule has 2 aromatic carbocycles. The van der Waals surface area contributed by atoms with Crippen molar-refractivity contribution in [1.82, 2.24) is 14.9 Å². The molecule has 5 heteroatoms. The number of aromatic nitrogens is 2. The third kappa shape index (κ3) is 4.15. The van der Waals surface area contributed by atoms with Crippen molar-refractivity contribution in [1.29, 1.82) is 0 Å². The quantitative estimate of drug-likeness (QED) is 0.496. The van der Waals surface area contributed by atoms with Crippen molar-refractivity contribution < 1.29 is 4.79 Å². The zero-order valence-corrected chi connectivity index (χ0v) is 16.7. The van der Waals surface area contributed by atoms with Gasteiger partial charge in [-0.3, -0.25) is 4.79 Å². The summed E-state index contributed by atoms with van der Waals surface area (Å²) in [6.45, 7) is 2.60. The first-order chi connectivity index (χ1) is 13.7. The number of nitrogens with one attached hydrogen (secondary N) is 1. The van der Waals surface area contributed by atoms with E-state index in [1.54, 1.807) is 11.3 Å². The Balaban J connectivity index is 1.51. The lowest BCUT2D eigenvalue weighted by Crippen LogP contribution is -2.28. The van der Waals surface area contributed by atoms with E-state index >= 15 is 0 Å². The van der Waals surface area contributed by atoms with Crippen LogP contribution in [0, 0.1) is 6.92 Å². The van der Waals surface area contributed by atoms with Gasteiger partial charge in [-0.05, 0) is 35.4 Å². The molecule has 142 valence electrons. The average Bonchev–Trinajstić information content (AvgIpc) is 3.38. The number of carbonyl (C=O) groups is 1. The summed E-state index contributed by atoms with van der Waals surface area (Å²) < 4.78 is 2.12. The smallest absolute Gasteiger partial charge is 0.222 e. The molecule has 0 saturated heterocycles. The predicted molar refractivity (Wildman–Crippen MR) is 115 cm³/mol. The van der Waals surface area contributed by atoms with Gasteiger partial charge in [0.15, 0.2) is 0 Å². The molecular weight excluding hydrogens is 366 g/mol. The molecule has 28 heavy (non-hydrogen) atoms. The molecule has 1 N–H and O–H groups in total. The van der Waals surface area contributed by atoms with Crippen molar-refractivity contribution in [3.05, 3.63) is 88.6 Å². The van der Waals surface area contributed by atoms with Crippen LogP contribution in [0.2, 0.25) is 0 Å². The maximum absolute atomic E-state index is 12.7. The molecule has 1 atom stereocenters. The Hall–Kier alpha value is -2.92. The number of nitrogens with zero attached hydrogens (tertiary/aromatic N) is 2. The molecule has 0 bridgehead atoms. The van der Waals surface area contributed by atoms with Crippen LogP contribution < -0.4 is 5.32 Å². The van der Waals surface area contributed by atoms with Crippen molar-refractivity contribution in [3.8, 4) is 0 Å². The SMILES string of the molecule is Cc1csc(CCNC(=O)C[C@@H](c2cccc3ccccc23)n2cccc2)n1. The molecule has 4 aromatic rings. The fourth-order valence-corrected chi connectivity index (χ4v) is 4.32. The number of rotatable bonds is 7. The minimum absolute atomic E-state index is 0.0387. The topological polar surface area (TPSA) is 46.9 Å². The van der Waals surface area contributed by atoms with Crippen molar-refractivity contribution in [2.24, 2.45) is 0 Å². The highest BCUT2D eigenvalue weighted by Crippen LogP contribution is 2.29.